The molecule has 0 amide bonds. The fourth-order valence-corrected chi connectivity index (χ4v) is 4.25. The van der Waals surface area contributed by atoms with Crippen LogP contribution in [0.4, 0.5) is 0 Å². The van der Waals surface area contributed by atoms with Gasteiger partial charge in [-0.15, -0.1) is 0 Å². The average molecular weight is 381 g/mol. The summed E-state index contributed by atoms with van der Waals surface area (Å²) in [4.78, 5) is 14.4. The molecule has 0 aliphatic carbocycles. The highest BCUT2D eigenvalue weighted by Crippen LogP contribution is 2.49. The highest BCUT2D eigenvalue weighted by molar-refractivity contribution is 5.78. The van der Waals surface area contributed by atoms with E-state index >= 15 is 0 Å². The molecule has 3 aliphatic heterocycles. The van der Waals surface area contributed by atoms with E-state index in [2.05, 4.69) is 4.74 Å². The molecule has 0 aromatic heterocycles. The summed E-state index contributed by atoms with van der Waals surface area (Å²) < 4.78 is 15.9. The number of carbonyl (C=O) groups is 1. The Hall–Kier alpha value is -1.59. The van der Waals surface area contributed by atoms with Crippen LogP contribution in [-0.2, 0) is 19.0 Å². The molecule has 27 heavy (non-hydrogen) atoms. The van der Waals surface area contributed by atoms with Gasteiger partial charge in [-0.3, -0.25) is 14.4 Å². The largest absolute Gasteiger partial charge is 0.462 e. The molecule has 1 aromatic carbocycles. The van der Waals surface area contributed by atoms with Gasteiger partial charge in [0.05, 0.1) is 6.61 Å². The average Bonchev–Trinajstić information content (AvgIpc) is 3.37. The van der Waals surface area contributed by atoms with Crippen LogP contribution in [0.15, 0.2) is 30.3 Å². The zero-order valence-electron chi connectivity index (χ0n) is 14.5. The molecule has 9 heteroatoms. The quantitative estimate of drug-likeness (QED) is 0.263. The Morgan fingerprint density at radius 3 is 2.37 bits per heavy atom. The second-order valence-corrected chi connectivity index (χ2v) is 7.24. The van der Waals surface area contributed by atoms with Crippen molar-refractivity contribution >= 4 is 5.97 Å². The first-order valence-corrected chi connectivity index (χ1v) is 8.96. The predicted molar refractivity (Wildman–Crippen MR) is 88.8 cm³/mol. The molecule has 148 valence electrons. The van der Waals surface area contributed by atoms with E-state index in [4.69, 9.17) is 24.8 Å². The molecule has 3 aliphatic rings. The van der Waals surface area contributed by atoms with Gasteiger partial charge in [0.25, 0.3) is 0 Å². The van der Waals surface area contributed by atoms with Crippen molar-refractivity contribution in [3.63, 3.8) is 0 Å². The summed E-state index contributed by atoms with van der Waals surface area (Å²) in [5.74, 6) is -1.19. The van der Waals surface area contributed by atoms with E-state index in [9.17, 15) is 9.90 Å². The molecule has 4 rings (SSSR count). The van der Waals surface area contributed by atoms with Crippen molar-refractivity contribution < 1.29 is 39.4 Å². The zero-order chi connectivity index (χ0) is 19.2. The number of benzene rings is 1. The molecule has 5 unspecified atom stereocenters. The lowest BCUT2D eigenvalue weighted by molar-refractivity contribution is -0.462. The minimum Gasteiger partial charge on any atom is -0.462 e. The van der Waals surface area contributed by atoms with Crippen LogP contribution in [0, 0.1) is 0 Å². The number of hydrogen-bond acceptors (Lipinski definition) is 9. The fraction of sp³-hybridized carbons (Fsp3) is 0.611. The zero-order valence-corrected chi connectivity index (χ0v) is 14.5. The first-order valence-electron chi connectivity index (χ1n) is 8.96. The van der Waals surface area contributed by atoms with E-state index in [0.717, 1.165) is 0 Å². The third-order valence-corrected chi connectivity index (χ3v) is 5.54. The number of epoxide rings is 1. The van der Waals surface area contributed by atoms with Gasteiger partial charge in [-0.1, -0.05) is 30.3 Å². The number of hydrogen-bond donors (Lipinski definition) is 4. The Morgan fingerprint density at radius 1 is 1.19 bits per heavy atom. The van der Waals surface area contributed by atoms with Gasteiger partial charge in [-0.05, 0) is 5.56 Å². The number of ether oxygens (including phenoxy) is 3. The number of piperidine rings is 1. The monoisotopic (exact) mass is 381 g/mol. The molecule has 4 N–H and O–H groups in total. The number of fused-ring (bicyclic) bond motifs is 5. The molecule has 3 heterocycles. The van der Waals surface area contributed by atoms with Crippen molar-refractivity contribution in [3.8, 4) is 0 Å². The molecule has 1 aromatic rings. The maximum atomic E-state index is 12.6. The van der Waals surface area contributed by atoms with Crippen LogP contribution in [0.3, 0.4) is 0 Å². The summed E-state index contributed by atoms with van der Waals surface area (Å²) in [5.41, 5.74) is 0.704. The second kappa shape index (κ2) is 7.10. The van der Waals surface area contributed by atoms with Gasteiger partial charge < -0.3 is 29.9 Å². The lowest BCUT2D eigenvalue weighted by atomic mass is 9.97. The van der Waals surface area contributed by atoms with Crippen molar-refractivity contribution in [2.75, 3.05) is 13.3 Å². The number of carbonyl (C=O) groups excluding carboxylic acids is 1. The minimum atomic E-state index is -3.18. The van der Waals surface area contributed by atoms with Gasteiger partial charge >= 0.3 is 12.1 Å². The molecular formula is C18H23NO8. The van der Waals surface area contributed by atoms with E-state index in [1.165, 1.54) is 0 Å². The SMILES string of the molecule is O=C(OC1CC2C3OC3C(C1)N2COC(O)(O)O)C(CO)c1ccccc1. The highest BCUT2D eigenvalue weighted by atomic mass is 16.9. The topological polar surface area (TPSA) is 132 Å². The van der Waals surface area contributed by atoms with Gasteiger partial charge in [0.2, 0.25) is 0 Å². The Morgan fingerprint density at radius 2 is 1.81 bits per heavy atom. The summed E-state index contributed by atoms with van der Waals surface area (Å²) in [6.07, 6.45) is -2.49. The molecule has 0 radical (unpaired) electrons. The third-order valence-electron chi connectivity index (χ3n) is 5.54. The highest BCUT2D eigenvalue weighted by Gasteiger charge is 2.64. The van der Waals surface area contributed by atoms with Crippen molar-refractivity contribution in [1.29, 1.82) is 0 Å². The van der Waals surface area contributed by atoms with E-state index < -0.39 is 18.0 Å². The van der Waals surface area contributed by atoms with E-state index in [0.29, 0.717) is 18.4 Å². The Labute approximate surface area is 155 Å². The number of aliphatic hydroxyl groups excluding tert-OH is 1. The Bertz CT molecular complexity index is 660. The van der Waals surface area contributed by atoms with E-state index in [-0.39, 0.29) is 43.7 Å². The standard InChI is InChI=1S/C18H23NO8/c20-8-12(10-4-2-1-3-5-10)17(21)26-11-6-13-15-16(27-15)14(7-11)19(13)9-25-18(22,23)24/h1-5,11-16,20,22-24H,6-9H2. The smallest absolute Gasteiger partial charge is 0.406 e. The molecular weight excluding hydrogens is 358 g/mol. The molecule has 5 atom stereocenters. The Kier molecular flexibility index (Phi) is 4.93. The van der Waals surface area contributed by atoms with Crippen LogP contribution >= 0.6 is 0 Å². The molecule has 2 bridgehead atoms. The van der Waals surface area contributed by atoms with Crippen LogP contribution < -0.4 is 0 Å². The summed E-state index contributed by atoms with van der Waals surface area (Å²) in [6, 6.07) is 8.80. The molecule has 0 spiro atoms. The van der Waals surface area contributed by atoms with Crippen LogP contribution in [0.2, 0.25) is 0 Å². The van der Waals surface area contributed by atoms with Gasteiger partial charge in [0, 0.05) is 24.9 Å². The number of aliphatic hydroxyl groups is 4. The van der Waals surface area contributed by atoms with Gasteiger partial charge in [-0.25, -0.2) is 0 Å². The summed E-state index contributed by atoms with van der Waals surface area (Å²) in [5, 5.41) is 36.4. The van der Waals surface area contributed by atoms with Gasteiger partial charge in [0.1, 0.15) is 31.0 Å². The minimum absolute atomic E-state index is 0.00413. The van der Waals surface area contributed by atoms with Crippen molar-refractivity contribution in [3.05, 3.63) is 35.9 Å². The number of esters is 1. The normalized spacial score (nSPS) is 33.4. The lowest BCUT2D eigenvalue weighted by Gasteiger charge is -2.40. The predicted octanol–water partition coefficient (Wildman–Crippen LogP) is -1.15. The Balaban J connectivity index is 1.38. The van der Waals surface area contributed by atoms with Crippen molar-refractivity contribution in [2.45, 2.75) is 55.3 Å². The molecule has 9 nitrogen and oxygen atoms in total. The first-order chi connectivity index (χ1) is 12.9. The molecule has 3 saturated heterocycles. The van der Waals surface area contributed by atoms with Gasteiger partial charge in [-0.2, -0.15) is 0 Å². The van der Waals surface area contributed by atoms with Crippen molar-refractivity contribution in [2.24, 2.45) is 0 Å². The number of morpholine rings is 1. The summed E-state index contributed by atoms with van der Waals surface area (Å²) >= 11 is 0. The van der Waals surface area contributed by atoms with Crippen LogP contribution in [-0.4, -0.2) is 81.2 Å². The maximum Gasteiger partial charge on any atom is 0.406 e. The summed E-state index contributed by atoms with van der Waals surface area (Å²) in [7, 11) is 0. The maximum absolute atomic E-state index is 12.6. The van der Waals surface area contributed by atoms with Gasteiger partial charge in [0.15, 0.2) is 0 Å². The molecule has 0 saturated carbocycles. The molecule has 3 fully saturated rings. The van der Waals surface area contributed by atoms with Crippen LogP contribution in [0.5, 0.6) is 0 Å². The van der Waals surface area contributed by atoms with Crippen LogP contribution in [0.1, 0.15) is 24.3 Å². The lowest BCUT2D eigenvalue weighted by Crippen LogP contribution is -2.52. The first kappa shape index (κ1) is 18.8. The second-order valence-electron chi connectivity index (χ2n) is 7.24. The number of nitrogens with zero attached hydrogens (tertiary/aromatic N) is 1. The van der Waals surface area contributed by atoms with Crippen LogP contribution in [0.25, 0.3) is 0 Å². The van der Waals surface area contributed by atoms with E-state index in [1.54, 1.807) is 24.3 Å². The fourth-order valence-electron chi connectivity index (χ4n) is 4.25. The van der Waals surface area contributed by atoms with E-state index in [1.807, 2.05) is 11.0 Å². The summed E-state index contributed by atoms with van der Waals surface area (Å²) in [6.45, 7) is -0.499. The number of rotatable bonds is 7. The van der Waals surface area contributed by atoms with Crippen molar-refractivity contribution in [1.82, 2.24) is 4.90 Å². The third kappa shape index (κ3) is 3.85.